The van der Waals surface area contributed by atoms with Crippen molar-refractivity contribution in [3.8, 4) is 0 Å². The second kappa shape index (κ2) is 5.69. The third-order valence-corrected chi connectivity index (χ3v) is 2.90. The van der Waals surface area contributed by atoms with Crippen molar-refractivity contribution < 1.29 is 0 Å². The maximum absolute atomic E-state index is 4.67. The highest BCUT2D eigenvalue weighted by Gasteiger charge is 2.05. The summed E-state index contributed by atoms with van der Waals surface area (Å²) in [5.74, 6) is 0. The molecule has 3 nitrogen and oxygen atoms in total. The molecule has 0 aliphatic heterocycles. The third-order valence-electron chi connectivity index (χ3n) is 2.90. The Labute approximate surface area is 91.2 Å². The Bertz CT molecular complexity index is 293. The molecular weight excluding hydrogens is 186 g/mol. The van der Waals surface area contributed by atoms with Crippen molar-refractivity contribution in [2.45, 2.75) is 45.1 Å². The molecule has 0 N–H and O–H groups in total. The van der Waals surface area contributed by atoms with Crippen LogP contribution in [0.3, 0.4) is 0 Å². The van der Waals surface area contributed by atoms with E-state index in [9.17, 15) is 0 Å². The molecule has 0 unspecified atom stereocenters. The van der Waals surface area contributed by atoms with Crippen molar-refractivity contribution in [3.63, 3.8) is 0 Å². The van der Waals surface area contributed by atoms with E-state index in [1.807, 2.05) is 18.7 Å². The van der Waals surface area contributed by atoms with Crippen molar-refractivity contribution in [2.75, 3.05) is 6.54 Å². The topological polar surface area (TPSA) is 30.2 Å². The van der Waals surface area contributed by atoms with E-state index in [0.717, 1.165) is 19.5 Å². The zero-order chi connectivity index (χ0) is 10.3. The molecule has 1 fully saturated rings. The van der Waals surface area contributed by atoms with Crippen molar-refractivity contribution in [1.29, 1.82) is 0 Å². The van der Waals surface area contributed by atoms with Crippen LogP contribution in [0.15, 0.2) is 23.7 Å². The van der Waals surface area contributed by atoms with Crippen LogP contribution in [0.4, 0.5) is 0 Å². The number of hydrogen-bond donors (Lipinski definition) is 0. The lowest BCUT2D eigenvalue weighted by Gasteiger charge is -2.12. The molecule has 82 valence electrons. The quantitative estimate of drug-likeness (QED) is 0.695. The average molecular weight is 205 g/mol. The Morgan fingerprint density at radius 3 is 2.87 bits per heavy atom. The highest BCUT2D eigenvalue weighted by atomic mass is 15.0. The summed E-state index contributed by atoms with van der Waals surface area (Å²) >= 11 is 0. The SMILES string of the molecule is c1cn(CCCN=C2CCCCC2)cn1. The predicted molar refractivity (Wildman–Crippen MR) is 62.2 cm³/mol. The van der Waals surface area contributed by atoms with Crippen LogP contribution >= 0.6 is 0 Å². The summed E-state index contributed by atoms with van der Waals surface area (Å²) < 4.78 is 2.11. The second-order valence-corrected chi connectivity index (χ2v) is 4.16. The van der Waals surface area contributed by atoms with Gasteiger partial charge in [0.25, 0.3) is 0 Å². The van der Waals surface area contributed by atoms with Gasteiger partial charge in [-0.15, -0.1) is 0 Å². The summed E-state index contributed by atoms with van der Waals surface area (Å²) in [6.45, 7) is 2.02. The molecule has 1 saturated carbocycles. The summed E-state index contributed by atoms with van der Waals surface area (Å²) in [5.41, 5.74) is 1.45. The molecule has 0 amide bonds. The molecule has 0 saturated heterocycles. The molecule has 1 heterocycles. The van der Waals surface area contributed by atoms with Gasteiger partial charge in [0.1, 0.15) is 0 Å². The summed E-state index contributed by atoms with van der Waals surface area (Å²) in [7, 11) is 0. The van der Waals surface area contributed by atoms with E-state index in [1.54, 1.807) is 0 Å². The van der Waals surface area contributed by atoms with Crippen LogP contribution in [0, 0.1) is 0 Å². The van der Waals surface area contributed by atoms with Crippen LogP contribution < -0.4 is 0 Å². The molecule has 15 heavy (non-hydrogen) atoms. The van der Waals surface area contributed by atoms with Crippen LogP contribution in [0.2, 0.25) is 0 Å². The van der Waals surface area contributed by atoms with Gasteiger partial charge in [0.15, 0.2) is 0 Å². The lowest BCUT2D eigenvalue weighted by Crippen LogP contribution is -2.06. The van der Waals surface area contributed by atoms with E-state index in [1.165, 1.54) is 37.8 Å². The highest BCUT2D eigenvalue weighted by molar-refractivity contribution is 5.84. The van der Waals surface area contributed by atoms with Gasteiger partial charge in [0.05, 0.1) is 6.33 Å². The standard InChI is InChI=1S/C12H19N3/c1-2-5-12(6-3-1)14-7-4-9-15-10-8-13-11-15/h8,10-11H,1-7,9H2. The Hall–Kier alpha value is -1.12. The van der Waals surface area contributed by atoms with Gasteiger partial charge in [-0.1, -0.05) is 6.42 Å². The van der Waals surface area contributed by atoms with Crippen molar-refractivity contribution >= 4 is 5.71 Å². The molecule has 0 atom stereocenters. The van der Waals surface area contributed by atoms with E-state index in [2.05, 4.69) is 14.5 Å². The second-order valence-electron chi connectivity index (χ2n) is 4.16. The molecule has 1 aromatic heterocycles. The van der Waals surface area contributed by atoms with Crippen LogP contribution in [0.1, 0.15) is 38.5 Å². The molecule has 1 aromatic rings. The number of imidazole rings is 1. The lowest BCUT2D eigenvalue weighted by molar-refractivity contribution is 0.636. The molecule has 0 radical (unpaired) electrons. The van der Waals surface area contributed by atoms with E-state index < -0.39 is 0 Å². The predicted octanol–water partition coefficient (Wildman–Crippen LogP) is 2.68. The number of nitrogens with zero attached hydrogens (tertiary/aromatic N) is 3. The lowest BCUT2D eigenvalue weighted by atomic mass is 9.98. The zero-order valence-corrected chi connectivity index (χ0v) is 9.23. The molecule has 2 rings (SSSR count). The van der Waals surface area contributed by atoms with E-state index >= 15 is 0 Å². The number of hydrogen-bond acceptors (Lipinski definition) is 2. The molecule has 1 aliphatic carbocycles. The minimum atomic E-state index is 0.980. The first kappa shape index (κ1) is 10.4. The van der Waals surface area contributed by atoms with Crippen LogP contribution in [0.5, 0.6) is 0 Å². The van der Waals surface area contributed by atoms with Gasteiger partial charge in [0, 0.05) is 31.2 Å². The Kier molecular flexibility index (Phi) is 3.94. The van der Waals surface area contributed by atoms with Gasteiger partial charge in [-0.3, -0.25) is 4.99 Å². The molecule has 1 aliphatic rings. The van der Waals surface area contributed by atoms with E-state index in [-0.39, 0.29) is 0 Å². The number of rotatable bonds is 4. The Morgan fingerprint density at radius 2 is 2.13 bits per heavy atom. The Morgan fingerprint density at radius 1 is 1.27 bits per heavy atom. The molecule has 0 spiro atoms. The maximum Gasteiger partial charge on any atom is 0.0945 e. The Balaban J connectivity index is 1.65. The van der Waals surface area contributed by atoms with Gasteiger partial charge in [0.2, 0.25) is 0 Å². The normalized spacial score (nSPS) is 16.7. The monoisotopic (exact) mass is 205 g/mol. The van der Waals surface area contributed by atoms with Crippen LogP contribution in [-0.4, -0.2) is 21.8 Å². The van der Waals surface area contributed by atoms with Crippen LogP contribution in [0.25, 0.3) is 0 Å². The fraction of sp³-hybridized carbons (Fsp3) is 0.667. The molecule has 3 heteroatoms. The summed E-state index contributed by atoms with van der Waals surface area (Å²) in [6, 6.07) is 0. The van der Waals surface area contributed by atoms with Crippen molar-refractivity contribution in [1.82, 2.24) is 9.55 Å². The average Bonchev–Trinajstić information content (AvgIpc) is 2.79. The molecular formula is C12H19N3. The van der Waals surface area contributed by atoms with Gasteiger partial charge >= 0.3 is 0 Å². The fourth-order valence-electron chi connectivity index (χ4n) is 2.03. The first-order valence-electron chi connectivity index (χ1n) is 5.93. The zero-order valence-electron chi connectivity index (χ0n) is 9.23. The summed E-state index contributed by atoms with van der Waals surface area (Å²) in [5, 5.41) is 0. The number of aromatic nitrogens is 2. The van der Waals surface area contributed by atoms with Crippen LogP contribution in [-0.2, 0) is 6.54 Å². The fourth-order valence-corrected chi connectivity index (χ4v) is 2.03. The number of aliphatic imine (C=N–C) groups is 1. The molecule has 0 aromatic carbocycles. The van der Waals surface area contributed by atoms with E-state index in [0.29, 0.717) is 0 Å². The third kappa shape index (κ3) is 3.50. The summed E-state index contributed by atoms with van der Waals surface area (Å²) in [4.78, 5) is 8.68. The first-order chi connectivity index (χ1) is 7.45. The highest BCUT2D eigenvalue weighted by Crippen LogP contribution is 2.14. The summed E-state index contributed by atoms with van der Waals surface area (Å²) in [6.07, 6.45) is 13.4. The van der Waals surface area contributed by atoms with Gasteiger partial charge < -0.3 is 4.57 Å². The van der Waals surface area contributed by atoms with Gasteiger partial charge in [-0.05, 0) is 32.1 Å². The van der Waals surface area contributed by atoms with Crippen molar-refractivity contribution in [2.24, 2.45) is 4.99 Å². The minimum Gasteiger partial charge on any atom is -0.337 e. The smallest absolute Gasteiger partial charge is 0.0945 e. The van der Waals surface area contributed by atoms with Gasteiger partial charge in [-0.25, -0.2) is 4.98 Å². The molecule has 0 bridgehead atoms. The maximum atomic E-state index is 4.67. The van der Waals surface area contributed by atoms with E-state index in [4.69, 9.17) is 0 Å². The minimum absolute atomic E-state index is 0.980. The first-order valence-corrected chi connectivity index (χ1v) is 5.93. The largest absolute Gasteiger partial charge is 0.337 e. The number of aryl methyl sites for hydroxylation is 1. The van der Waals surface area contributed by atoms with Gasteiger partial charge in [-0.2, -0.15) is 0 Å². The van der Waals surface area contributed by atoms with Crippen molar-refractivity contribution in [3.05, 3.63) is 18.7 Å².